The second-order valence-corrected chi connectivity index (χ2v) is 5.54. The van der Waals surface area contributed by atoms with E-state index in [0.717, 1.165) is 9.21 Å². The zero-order valence-electron chi connectivity index (χ0n) is 9.72. The minimum Gasteiger partial charge on any atom is -0.384 e. The summed E-state index contributed by atoms with van der Waals surface area (Å²) in [6.45, 7) is 0.649. The number of nitrogens with zero attached hydrogens (tertiary/aromatic N) is 3. The van der Waals surface area contributed by atoms with Crippen LogP contribution in [0.4, 0.5) is 5.82 Å². The molecule has 3 N–H and O–H groups in total. The van der Waals surface area contributed by atoms with Gasteiger partial charge in [-0.1, -0.05) is 11.6 Å². The lowest BCUT2D eigenvalue weighted by molar-refractivity contribution is 0.873. The van der Waals surface area contributed by atoms with E-state index in [1.165, 1.54) is 17.5 Å². The number of aromatic nitrogens is 2. The summed E-state index contributed by atoms with van der Waals surface area (Å²) in [6.07, 6.45) is 1.52. The maximum atomic E-state index is 7.52. The molecule has 0 aromatic carbocycles. The van der Waals surface area contributed by atoms with Crippen LogP contribution in [0.3, 0.4) is 0 Å². The molecule has 18 heavy (non-hydrogen) atoms. The van der Waals surface area contributed by atoms with Crippen LogP contribution >= 0.6 is 22.9 Å². The van der Waals surface area contributed by atoms with Gasteiger partial charge in [0.1, 0.15) is 5.84 Å². The molecule has 0 saturated carbocycles. The molecule has 0 atom stereocenters. The van der Waals surface area contributed by atoms with Crippen LogP contribution in [0.25, 0.3) is 0 Å². The molecule has 0 unspecified atom stereocenters. The van der Waals surface area contributed by atoms with Gasteiger partial charge in [-0.25, -0.2) is 0 Å². The van der Waals surface area contributed by atoms with Gasteiger partial charge in [-0.3, -0.25) is 5.41 Å². The molecule has 7 heteroatoms. The fourth-order valence-corrected chi connectivity index (χ4v) is 2.70. The number of nitrogens with two attached hydrogens (primary N) is 1. The van der Waals surface area contributed by atoms with Gasteiger partial charge < -0.3 is 10.6 Å². The first-order chi connectivity index (χ1) is 8.58. The summed E-state index contributed by atoms with van der Waals surface area (Å²) in [5.74, 6) is 0.575. The van der Waals surface area contributed by atoms with Crippen molar-refractivity contribution >= 4 is 34.6 Å². The largest absolute Gasteiger partial charge is 0.384 e. The topological polar surface area (TPSA) is 78.9 Å². The van der Waals surface area contributed by atoms with E-state index in [1.807, 2.05) is 24.1 Å². The molecule has 0 fully saturated rings. The number of nitrogens with one attached hydrogen (secondary N) is 1. The molecule has 0 aliphatic heterocycles. The van der Waals surface area contributed by atoms with Gasteiger partial charge >= 0.3 is 0 Å². The van der Waals surface area contributed by atoms with Crippen molar-refractivity contribution in [1.82, 2.24) is 10.2 Å². The molecule has 2 rings (SSSR count). The highest BCUT2D eigenvalue weighted by atomic mass is 35.5. The summed E-state index contributed by atoms with van der Waals surface area (Å²) in [5.41, 5.74) is 6.10. The molecule has 2 heterocycles. The van der Waals surface area contributed by atoms with E-state index < -0.39 is 0 Å². The molecule has 0 aliphatic carbocycles. The molecule has 0 amide bonds. The Balaban J connectivity index is 2.23. The van der Waals surface area contributed by atoms with Crippen LogP contribution in [-0.2, 0) is 6.54 Å². The van der Waals surface area contributed by atoms with Crippen LogP contribution in [0.1, 0.15) is 10.4 Å². The van der Waals surface area contributed by atoms with Crippen molar-refractivity contribution in [2.45, 2.75) is 6.54 Å². The molecule has 2 aromatic rings. The van der Waals surface area contributed by atoms with E-state index in [9.17, 15) is 0 Å². The zero-order valence-corrected chi connectivity index (χ0v) is 11.3. The Morgan fingerprint density at radius 1 is 1.50 bits per heavy atom. The highest BCUT2D eigenvalue weighted by Gasteiger charge is 2.12. The Bertz CT molecular complexity index is 568. The van der Waals surface area contributed by atoms with Gasteiger partial charge in [0.15, 0.2) is 5.82 Å². The van der Waals surface area contributed by atoms with Crippen LogP contribution in [0.5, 0.6) is 0 Å². The molecule has 0 bridgehead atoms. The van der Waals surface area contributed by atoms with Crippen LogP contribution in [0.2, 0.25) is 4.34 Å². The number of halogens is 1. The summed E-state index contributed by atoms with van der Waals surface area (Å²) in [7, 11) is 1.88. The fourth-order valence-electron chi connectivity index (χ4n) is 1.56. The number of nitrogen functional groups attached to an aromatic ring is 1. The predicted octanol–water partition coefficient (Wildman–Crippen LogP) is 2.11. The van der Waals surface area contributed by atoms with Crippen molar-refractivity contribution in [1.29, 1.82) is 5.41 Å². The van der Waals surface area contributed by atoms with Gasteiger partial charge in [0.2, 0.25) is 0 Å². The van der Waals surface area contributed by atoms with Gasteiger partial charge in [-0.15, -0.1) is 16.4 Å². The molecule has 94 valence electrons. The lowest BCUT2D eigenvalue weighted by atomic mass is 10.2. The quantitative estimate of drug-likeness (QED) is 0.664. The molecular formula is C11H12ClN5S. The van der Waals surface area contributed by atoms with Gasteiger partial charge in [0.25, 0.3) is 0 Å². The Morgan fingerprint density at radius 3 is 2.89 bits per heavy atom. The van der Waals surface area contributed by atoms with Gasteiger partial charge in [0, 0.05) is 11.9 Å². The second kappa shape index (κ2) is 5.32. The average molecular weight is 282 g/mol. The van der Waals surface area contributed by atoms with Crippen LogP contribution in [-0.4, -0.2) is 23.1 Å². The third-order valence-corrected chi connectivity index (χ3v) is 3.59. The molecule has 5 nitrogen and oxygen atoms in total. The Hall–Kier alpha value is -1.66. The van der Waals surface area contributed by atoms with E-state index in [4.69, 9.17) is 22.7 Å². The molecule has 0 saturated heterocycles. The van der Waals surface area contributed by atoms with Crippen molar-refractivity contribution in [3.63, 3.8) is 0 Å². The van der Waals surface area contributed by atoms with Gasteiger partial charge in [0.05, 0.1) is 22.6 Å². The highest BCUT2D eigenvalue weighted by Crippen LogP contribution is 2.24. The van der Waals surface area contributed by atoms with E-state index >= 15 is 0 Å². The molecule has 2 aromatic heterocycles. The fraction of sp³-hybridized carbons (Fsp3) is 0.182. The third-order valence-electron chi connectivity index (χ3n) is 2.37. The molecule has 0 spiro atoms. The number of amidine groups is 1. The first-order valence-electron chi connectivity index (χ1n) is 5.19. The first kappa shape index (κ1) is 12.8. The minimum atomic E-state index is -0.0176. The number of thiophene rings is 1. The number of hydrogen-bond donors (Lipinski definition) is 2. The SMILES string of the molecule is CN(Cc1ccc(Cl)s1)c1nnccc1C(=N)N. The van der Waals surface area contributed by atoms with Gasteiger partial charge in [-0.2, -0.15) is 5.10 Å². The minimum absolute atomic E-state index is 0.0176. The summed E-state index contributed by atoms with van der Waals surface area (Å²) in [6, 6.07) is 5.51. The van der Waals surface area contributed by atoms with Crippen LogP contribution in [0.15, 0.2) is 24.4 Å². The van der Waals surface area contributed by atoms with E-state index in [0.29, 0.717) is 17.9 Å². The zero-order chi connectivity index (χ0) is 13.1. The second-order valence-electron chi connectivity index (χ2n) is 3.74. The van der Waals surface area contributed by atoms with E-state index in [1.54, 1.807) is 6.07 Å². The smallest absolute Gasteiger partial charge is 0.162 e. The maximum Gasteiger partial charge on any atom is 0.162 e. The molecule has 0 aliphatic rings. The Morgan fingerprint density at radius 2 is 2.28 bits per heavy atom. The normalized spacial score (nSPS) is 10.3. The molecular weight excluding hydrogens is 270 g/mol. The van der Waals surface area contributed by atoms with Crippen molar-refractivity contribution in [3.8, 4) is 0 Å². The van der Waals surface area contributed by atoms with Crippen LogP contribution in [0, 0.1) is 5.41 Å². The Labute approximate surface area is 114 Å². The van der Waals surface area contributed by atoms with Crippen LogP contribution < -0.4 is 10.6 Å². The number of hydrogen-bond acceptors (Lipinski definition) is 5. The van der Waals surface area contributed by atoms with Crippen molar-refractivity contribution in [2.75, 3.05) is 11.9 Å². The first-order valence-corrected chi connectivity index (χ1v) is 6.39. The lowest BCUT2D eigenvalue weighted by Gasteiger charge is -2.18. The third kappa shape index (κ3) is 2.77. The Kier molecular flexibility index (Phi) is 3.78. The maximum absolute atomic E-state index is 7.52. The highest BCUT2D eigenvalue weighted by molar-refractivity contribution is 7.16. The predicted molar refractivity (Wildman–Crippen MR) is 74.5 cm³/mol. The van der Waals surface area contributed by atoms with Crippen molar-refractivity contribution in [3.05, 3.63) is 39.2 Å². The van der Waals surface area contributed by atoms with Gasteiger partial charge in [-0.05, 0) is 18.2 Å². The number of anilines is 1. The summed E-state index contributed by atoms with van der Waals surface area (Å²) in [5, 5.41) is 15.4. The summed E-state index contributed by atoms with van der Waals surface area (Å²) < 4.78 is 0.754. The van der Waals surface area contributed by atoms with E-state index in [-0.39, 0.29) is 5.84 Å². The monoisotopic (exact) mass is 281 g/mol. The lowest BCUT2D eigenvalue weighted by Crippen LogP contribution is -2.23. The standard InChI is InChI=1S/C11H12ClN5S/c1-17(6-7-2-3-9(12)18-7)11-8(10(13)14)4-5-15-16-11/h2-5H,6H2,1H3,(H3,13,14). The number of rotatable bonds is 4. The average Bonchev–Trinajstić information content (AvgIpc) is 2.74. The van der Waals surface area contributed by atoms with E-state index in [2.05, 4.69) is 10.2 Å². The van der Waals surface area contributed by atoms with Crippen molar-refractivity contribution in [2.24, 2.45) is 5.73 Å². The van der Waals surface area contributed by atoms with Crippen molar-refractivity contribution < 1.29 is 0 Å². The summed E-state index contributed by atoms with van der Waals surface area (Å²) >= 11 is 7.41. The molecule has 0 radical (unpaired) electrons. The summed E-state index contributed by atoms with van der Waals surface area (Å²) in [4.78, 5) is 3.01.